The van der Waals surface area contributed by atoms with Crippen LogP contribution in [-0.2, 0) is 14.3 Å². The lowest BCUT2D eigenvalue weighted by Gasteiger charge is -2.14. The quantitative estimate of drug-likeness (QED) is 0.300. The Labute approximate surface area is 172 Å². The molecule has 0 fully saturated rings. The van der Waals surface area contributed by atoms with Crippen LogP contribution in [-0.4, -0.2) is 49.4 Å². The molecule has 2 aromatic carbocycles. The lowest BCUT2D eigenvalue weighted by atomic mass is 10.1. The number of ether oxygens (including phenoxy) is 3. The van der Waals surface area contributed by atoms with Crippen LogP contribution in [0.2, 0.25) is 0 Å². The van der Waals surface area contributed by atoms with Gasteiger partial charge in [0.25, 0.3) is 11.8 Å². The van der Waals surface area contributed by atoms with Crippen LogP contribution in [0.5, 0.6) is 11.5 Å². The molecule has 0 unspecified atom stereocenters. The van der Waals surface area contributed by atoms with Gasteiger partial charge in [0.2, 0.25) is 0 Å². The third-order valence-corrected chi connectivity index (χ3v) is 4.44. The van der Waals surface area contributed by atoms with Gasteiger partial charge in [0, 0.05) is 12.6 Å². The van der Waals surface area contributed by atoms with E-state index in [0.717, 1.165) is 4.90 Å². The Morgan fingerprint density at radius 3 is 2.23 bits per heavy atom. The Kier molecular flexibility index (Phi) is 6.26. The summed E-state index contributed by atoms with van der Waals surface area (Å²) in [7, 11) is 2.69. The van der Waals surface area contributed by atoms with Crippen molar-refractivity contribution in [1.29, 1.82) is 0 Å². The SMILES string of the molecule is COC(=O)/C=C/c1ccc(OC(=O)CCN2C(=O)c3ccccc3C2=O)c(OC)c1. The van der Waals surface area contributed by atoms with Gasteiger partial charge < -0.3 is 14.2 Å². The molecule has 1 aliphatic rings. The average Bonchev–Trinajstić information content (AvgIpc) is 3.01. The van der Waals surface area contributed by atoms with E-state index in [0.29, 0.717) is 16.7 Å². The van der Waals surface area contributed by atoms with E-state index in [9.17, 15) is 19.2 Å². The number of nitrogens with zero attached hydrogens (tertiary/aromatic N) is 1. The monoisotopic (exact) mass is 409 g/mol. The van der Waals surface area contributed by atoms with E-state index in [1.54, 1.807) is 36.4 Å². The summed E-state index contributed by atoms with van der Waals surface area (Å²) in [6.45, 7) is -0.0898. The highest BCUT2D eigenvalue weighted by molar-refractivity contribution is 6.21. The van der Waals surface area contributed by atoms with Crippen LogP contribution in [0.15, 0.2) is 48.5 Å². The average molecular weight is 409 g/mol. The van der Waals surface area contributed by atoms with Crippen LogP contribution in [0.4, 0.5) is 0 Å². The van der Waals surface area contributed by atoms with Crippen molar-refractivity contribution in [2.24, 2.45) is 0 Å². The first kappa shape index (κ1) is 20.8. The van der Waals surface area contributed by atoms with Crippen molar-refractivity contribution >= 4 is 29.8 Å². The third-order valence-electron chi connectivity index (χ3n) is 4.44. The molecule has 0 aliphatic carbocycles. The molecule has 1 heterocycles. The van der Waals surface area contributed by atoms with Crippen molar-refractivity contribution in [3.05, 3.63) is 65.2 Å². The van der Waals surface area contributed by atoms with E-state index in [-0.39, 0.29) is 24.5 Å². The summed E-state index contributed by atoms with van der Waals surface area (Å²) < 4.78 is 15.1. The number of imide groups is 1. The second kappa shape index (κ2) is 9.04. The van der Waals surface area contributed by atoms with E-state index >= 15 is 0 Å². The van der Waals surface area contributed by atoms with Crippen molar-refractivity contribution in [1.82, 2.24) is 4.90 Å². The van der Waals surface area contributed by atoms with Crippen LogP contribution < -0.4 is 9.47 Å². The molecule has 8 heteroatoms. The van der Waals surface area contributed by atoms with E-state index in [2.05, 4.69) is 4.74 Å². The van der Waals surface area contributed by atoms with Crippen LogP contribution in [0.3, 0.4) is 0 Å². The number of carbonyl (C=O) groups is 4. The Balaban J connectivity index is 1.63. The van der Waals surface area contributed by atoms with Gasteiger partial charge in [0.05, 0.1) is 31.8 Å². The number of esters is 2. The molecule has 2 amide bonds. The summed E-state index contributed by atoms with van der Waals surface area (Å²) in [5, 5.41) is 0. The minimum absolute atomic E-state index is 0.0898. The third kappa shape index (κ3) is 4.38. The second-order valence-electron chi connectivity index (χ2n) is 6.30. The van der Waals surface area contributed by atoms with Crippen LogP contribution in [0.1, 0.15) is 32.7 Å². The minimum atomic E-state index is -0.622. The number of rotatable bonds is 7. The van der Waals surface area contributed by atoms with Crippen LogP contribution in [0.25, 0.3) is 6.08 Å². The number of methoxy groups -OCH3 is 2. The Morgan fingerprint density at radius 1 is 0.967 bits per heavy atom. The molecular weight excluding hydrogens is 390 g/mol. The molecular formula is C22H19NO7. The molecule has 0 N–H and O–H groups in total. The maximum atomic E-state index is 12.3. The fourth-order valence-electron chi connectivity index (χ4n) is 2.92. The first-order valence-electron chi connectivity index (χ1n) is 9.04. The van der Waals surface area contributed by atoms with Crippen molar-refractivity contribution < 1.29 is 33.4 Å². The van der Waals surface area contributed by atoms with Gasteiger partial charge in [-0.2, -0.15) is 0 Å². The van der Waals surface area contributed by atoms with Gasteiger partial charge in [0.15, 0.2) is 11.5 Å². The molecule has 3 rings (SSSR count). The van der Waals surface area contributed by atoms with Crippen molar-refractivity contribution in [2.75, 3.05) is 20.8 Å². The molecule has 154 valence electrons. The largest absolute Gasteiger partial charge is 0.493 e. The van der Waals surface area contributed by atoms with Crippen molar-refractivity contribution in [2.45, 2.75) is 6.42 Å². The molecule has 0 saturated carbocycles. The fraction of sp³-hybridized carbons (Fsp3) is 0.182. The zero-order valence-corrected chi connectivity index (χ0v) is 16.4. The van der Waals surface area contributed by atoms with Gasteiger partial charge >= 0.3 is 11.9 Å². The number of hydrogen-bond donors (Lipinski definition) is 0. The highest BCUT2D eigenvalue weighted by Gasteiger charge is 2.35. The number of benzene rings is 2. The Hall–Kier alpha value is -3.94. The lowest BCUT2D eigenvalue weighted by molar-refractivity contribution is -0.135. The predicted octanol–water partition coefficient (Wildman–Crippen LogP) is 2.47. The number of amides is 2. The first-order valence-corrected chi connectivity index (χ1v) is 9.04. The predicted molar refractivity (Wildman–Crippen MR) is 106 cm³/mol. The second-order valence-corrected chi connectivity index (χ2v) is 6.30. The van der Waals surface area contributed by atoms with Crippen LogP contribution in [0, 0.1) is 0 Å². The summed E-state index contributed by atoms with van der Waals surface area (Å²) in [5.74, 6) is -1.51. The lowest BCUT2D eigenvalue weighted by Crippen LogP contribution is -2.32. The maximum Gasteiger partial charge on any atom is 0.330 e. The van der Waals surface area contributed by atoms with Gasteiger partial charge in [-0.05, 0) is 35.9 Å². The molecule has 2 aromatic rings. The summed E-state index contributed by atoms with van der Waals surface area (Å²) in [6.07, 6.45) is 2.61. The highest BCUT2D eigenvalue weighted by Crippen LogP contribution is 2.29. The molecule has 0 spiro atoms. The molecule has 0 bridgehead atoms. The van der Waals surface area contributed by atoms with Gasteiger partial charge in [0.1, 0.15) is 0 Å². The maximum absolute atomic E-state index is 12.3. The smallest absolute Gasteiger partial charge is 0.330 e. The topological polar surface area (TPSA) is 99.2 Å². The van der Waals surface area contributed by atoms with Gasteiger partial charge in [-0.25, -0.2) is 4.79 Å². The van der Waals surface area contributed by atoms with E-state index < -0.39 is 23.8 Å². The van der Waals surface area contributed by atoms with E-state index in [1.165, 1.54) is 32.4 Å². The molecule has 1 aliphatic heterocycles. The van der Waals surface area contributed by atoms with E-state index in [1.807, 2.05) is 0 Å². The molecule has 0 aromatic heterocycles. The summed E-state index contributed by atoms with van der Waals surface area (Å²) in [6, 6.07) is 11.3. The molecule has 0 atom stereocenters. The van der Waals surface area contributed by atoms with Crippen LogP contribution >= 0.6 is 0 Å². The minimum Gasteiger partial charge on any atom is -0.493 e. The Bertz CT molecular complexity index is 1010. The van der Waals surface area contributed by atoms with Crippen molar-refractivity contribution in [3.63, 3.8) is 0 Å². The molecule has 0 saturated heterocycles. The van der Waals surface area contributed by atoms with Crippen molar-refractivity contribution in [3.8, 4) is 11.5 Å². The summed E-state index contributed by atoms with van der Waals surface area (Å²) in [5.41, 5.74) is 1.30. The first-order chi connectivity index (χ1) is 14.4. The number of fused-ring (bicyclic) bond motifs is 1. The van der Waals surface area contributed by atoms with E-state index in [4.69, 9.17) is 9.47 Å². The zero-order chi connectivity index (χ0) is 21.7. The van der Waals surface area contributed by atoms with Gasteiger partial charge in [-0.15, -0.1) is 0 Å². The van der Waals surface area contributed by atoms with Gasteiger partial charge in [-0.1, -0.05) is 18.2 Å². The fourth-order valence-corrected chi connectivity index (χ4v) is 2.92. The number of hydrogen-bond acceptors (Lipinski definition) is 7. The summed E-state index contributed by atoms with van der Waals surface area (Å²) >= 11 is 0. The Morgan fingerprint density at radius 2 is 1.63 bits per heavy atom. The molecule has 30 heavy (non-hydrogen) atoms. The summed E-state index contributed by atoms with van der Waals surface area (Å²) in [4.78, 5) is 49.2. The van der Waals surface area contributed by atoms with Gasteiger partial charge in [-0.3, -0.25) is 19.3 Å². The highest BCUT2D eigenvalue weighted by atomic mass is 16.6. The number of carbonyl (C=O) groups excluding carboxylic acids is 4. The molecule has 8 nitrogen and oxygen atoms in total. The molecule has 0 radical (unpaired) electrons. The zero-order valence-electron chi connectivity index (χ0n) is 16.4. The normalized spacial score (nSPS) is 12.8. The standard InChI is InChI=1S/C22H19NO7/c1-28-18-13-14(8-10-19(24)29-2)7-9-17(18)30-20(25)11-12-23-21(26)15-5-3-4-6-16(15)22(23)27/h3-10,13H,11-12H2,1-2H3/b10-8+.